The second-order valence-corrected chi connectivity index (χ2v) is 4.99. The van der Waals surface area contributed by atoms with E-state index in [-0.39, 0.29) is 5.97 Å². The highest BCUT2D eigenvalue weighted by atomic mass is 16.5. The normalized spacial score (nSPS) is 15.7. The first-order valence-corrected chi connectivity index (χ1v) is 7.60. The van der Waals surface area contributed by atoms with Crippen LogP contribution in [-0.2, 0) is 4.74 Å². The highest BCUT2D eigenvalue weighted by Crippen LogP contribution is 2.12. The minimum Gasteiger partial charge on any atom is -0.462 e. The van der Waals surface area contributed by atoms with Crippen LogP contribution in [-0.4, -0.2) is 61.7 Å². The van der Waals surface area contributed by atoms with Gasteiger partial charge in [0, 0.05) is 38.9 Å². The van der Waals surface area contributed by atoms with E-state index in [4.69, 9.17) is 4.74 Å². The number of nitrogens with one attached hydrogen (secondary N) is 2. The van der Waals surface area contributed by atoms with Crippen LogP contribution in [0.2, 0.25) is 0 Å². The quantitative estimate of drug-likeness (QED) is 0.576. The van der Waals surface area contributed by atoms with Crippen molar-refractivity contribution < 1.29 is 9.53 Å². The lowest BCUT2D eigenvalue weighted by Gasteiger charge is -2.27. The van der Waals surface area contributed by atoms with E-state index in [9.17, 15) is 4.79 Å². The van der Waals surface area contributed by atoms with Crippen LogP contribution in [0.3, 0.4) is 0 Å². The molecule has 0 aliphatic carbocycles. The molecule has 116 valence electrons. The number of nitrogens with zero attached hydrogens (tertiary/aromatic N) is 2. The first-order chi connectivity index (χ1) is 10.3. The van der Waals surface area contributed by atoms with Gasteiger partial charge in [-0.25, -0.2) is 9.78 Å². The van der Waals surface area contributed by atoms with E-state index in [0.717, 1.165) is 45.7 Å². The SMILES string of the molecule is CCOC(=O)c1cccnc1NCCCN1CCNCC1. The summed E-state index contributed by atoms with van der Waals surface area (Å²) in [5.41, 5.74) is 0.501. The van der Waals surface area contributed by atoms with Gasteiger partial charge in [-0.2, -0.15) is 0 Å². The summed E-state index contributed by atoms with van der Waals surface area (Å²) < 4.78 is 5.04. The number of hydrogen-bond acceptors (Lipinski definition) is 6. The van der Waals surface area contributed by atoms with E-state index in [1.54, 1.807) is 25.3 Å². The van der Waals surface area contributed by atoms with Gasteiger partial charge in [0.05, 0.1) is 6.61 Å². The minimum atomic E-state index is -0.324. The Balaban J connectivity index is 1.78. The summed E-state index contributed by atoms with van der Waals surface area (Å²) in [5.74, 6) is 0.284. The minimum absolute atomic E-state index is 0.324. The maximum absolute atomic E-state index is 11.8. The molecule has 2 N–H and O–H groups in total. The Morgan fingerprint density at radius 2 is 2.29 bits per heavy atom. The zero-order valence-electron chi connectivity index (χ0n) is 12.6. The molecule has 1 saturated heterocycles. The zero-order chi connectivity index (χ0) is 14.9. The number of esters is 1. The number of hydrogen-bond donors (Lipinski definition) is 2. The van der Waals surface area contributed by atoms with Crippen molar-refractivity contribution in [3.05, 3.63) is 23.9 Å². The molecule has 6 nitrogen and oxygen atoms in total. The Morgan fingerprint density at radius 3 is 3.05 bits per heavy atom. The predicted octanol–water partition coefficient (Wildman–Crippen LogP) is 0.966. The first kappa shape index (κ1) is 15.7. The van der Waals surface area contributed by atoms with Crippen molar-refractivity contribution in [1.29, 1.82) is 0 Å². The van der Waals surface area contributed by atoms with Crippen LogP contribution >= 0.6 is 0 Å². The topological polar surface area (TPSA) is 66.5 Å². The fourth-order valence-electron chi connectivity index (χ4n) is 2.36. The number of aromatic nitrogens is 1. The van der Waals surface area contributed by atoms with Crippen molar-refractivity contribution >= 4 is 11.8 Å². The van der Waals surface area contributed by atoms with Gasteiger partial charge < -0.3 is 20.3 Å². The largest absolute Gasteiger partial charge is 0.462 e. The van der Waals surface area contributed by atoms with Gasteiger partial charge in [-0.05, 0) is 32.0 Å². The molecule has 0 saturated carbocycles. The van der Waals surface area contributed by atoms with Crippen molar-refractivity contribution in [2.45, 2.75) is 13.3 Å². The molecular formula is C15H24N4O2. The van der Waals surface area contributed by atoms with E-state index >= 15 is 0 Å². The number of piperazine rings is 1. The zero-order valence-corrected chi connectivity index (χ0v) is 12.6. The monoisotopic (exact) mass is 292 g/mol. The molecule has 6 heteroatoms. The molecule has 0 aromatic carbocycles. The maximum atomic E-state index is 11.8. The summed E-state index contributed by atoms with van der Waals surface area (Å²) >= 11 is 0. The lowest BCUT2D eigenvalue weighted by atomic mass is 10.2. The van der Waals surface area contributed by atoms with Crippen molar-refractivity contribution in [2.24, 2.45) is 0 Å². The first-order valence-electron chi connectivity index (χ1n) is 7.60. The summed E-state index contributed by atoms with van der Waals surface area (Å²) in [6.45, 7) is 8.39. The third-order valence-electron chi connectivity index (χ3n) is 3.46. The van der Waals surface area contributed by atoms with Crippen molar-refractivity contribution in [1.82, 2.24) is 15.2 Å². The molecule has 2 rings (SSSR count). The summed E-state index contributed by atoms with van der Waals surface area (Å²) in [7, 11) is 0. The second-order valence-electron chi connectivity index (χ2n) is 4.99. The molecular weight excluding hydrogens is 268 g/mol. The molecule has 0 spiro atoms. The second kappa shape index (κ2) is 8.59. The Hall–Kier alpha value is -1.66. The molecule has 1 aromatic heterocycles. The van der Waals surface area contributed by atoms with E-state index in [1.807, 2.05) is 0 Å². The van der Waals surface area contributed by atoms with Gasteiger partial charge >= 0.3 is 5.97 Å². The number of carbonyl (C=O) groups excluding carboxylic acids is 1. The number of ether oxygens (including phenoxy) is 1. The highest BCUT2D eigenvalue weighted by Gasteiger charge is 2.13. The molecule has 21 heavy (non-hydrogen) atoms. The molecule has 0 atom stereocenters. The Bertz CT molecular complexity index is 447. The van der Waals surface area contributed by atoms with Gasteiger partial charge in [0.2, 0.25) is 0 Å². The standard InChI is InChI=1S/C15H24N4O2/c1-2-21-15(20)13-5-3-6-17-14(13)18-7-4-10-19-11-8-16-9-12-19/h3,5-6,16H,2,4,7-12H2,1H3,(H,17,18). The molecule has 1 aliphatic heterocycles. The van der Waals surface area contributed by atoms with Crippen LogP contribution in [0.4, 0.5) is 5.82 Å². The van der Waals surface area contributed by atoms with Gasteiger partial charge in [-0.1, -0.05) is 0 Å². The lowest BCUT2D eigenvalue weighted by Crippen LogP contribution is -2.44. The van der Waals surface area contributed by atoms with Crippen LogP contribution in [0, 0.1) is 0 Å². The average Bonchev–Trinajstić information content (AvgIpc) is 2.53. The van der Waals surface area contributed by atoms with Crippen molar-refractivity contribution in [3.63, 3.8) is 0 Å². The summed E-state index contributed by atoms with van der Waals surface area (Å²) in [5, 5.41) is 6.58. The van der Waals surface area contributed by atoms with Gasteiger partial charge in [0.25, 0.3) is 0 Å². The average molecular weight is 292 g/mol. The van der Waals surface area contributed by atoms with Crippen LogP contribution in [0.1, 0.15) is 23.7 Å². The molecule has 0 radical (unpaired) electrons. The number of rotatable bonds is 7. The van der Waals surface area contributed by atoms with Gasteiger partial charge in [-0.15, -0.1) is 0 Å². The fourth-order valence-corrected chi connectivity index (χ4v) is 2.36. The Morgan fingerprint density at radius 1 is 1.48 bits per heavy atom. The summed E-state index contributed by atoms with van der Waals surface area (Å²) in [6.07, 6.45) is 2.71. The van der Waals surface area contributed by atoms with Crippen LogP contribution in [0.15, 0.2) is 18.3 Å². The van der Waals surface area contributed by atoms with Crippen molar-refractivity contribution in [2.75, 3.05) is 51.2 Å². The molecule has 0 bridgehead atoms. The van der Waals surface area contributed by atoms with E-state index in [0.29, 0.717) is 18.0 Å². The van der Waals surface area contributed by atoms with Gasteiger partial charge in [0.15, 0.2) is 0 Å². The maximum Gasteiger partial charge on any atom is 0.341 e. The van der Waals surface area contributed by atoms with Crippen LogP contribution in [0.25, 0.3) is 0 Å². The van der Waals surface area contributed by atoms with Crippen LogP contribution in [0.5, 0.6) is 0 Å². The Labute approximate surface area is 125 Å². The van der Waals surface area contributed by atoms with Crippen LogP contribution < -0.4 is 10.6 Å². The highest BCUT2D eigenvalue weighted by molar-refractivity contribution is 5.94. The molecule has 1 aliphatic rings. The van der Waals surface area contributed by atoms with Gasteiger partial charge in [0.1, 0.15) is 11.4 Å². The lowest BCUT2D eigenvalue weighted by molar-refractivity contribution is 0.0527. The van der Waals surface area contributed by atoms with E-state index in [2.05, 4.69) is 20.5 Å². The summed E-state index contributed by atoms with van der Waals surface area (Å²) in [6, 6.07) is 3.49. The molecule has 0 amide bonds. The molecule has 1 aromatic rings. The third-order valence-corrected chi connectivity index (χ3v) is 3.46. The smallest absolute Gasteiger partial charge is 0.341 e. The number of pyridine rings is 1. The molecule has 0 unspecified atom stereocenters. The van der Waals surface area contributed by atoms with Crippen molar-refractivity contribution in [3.8, 4) is 0 Å². The van der Waals surface area contributed by atoms with E-state index < -0.39 is 0 Å². The Kier molecular flexibility index (Phi) is 6.43. The predicted molar refractivity (Wildman–Crippen MR) is 82.6 cm³/mol. The fraction of sp³-hybridized carbons (Fsp3) is 0.600. The summed E-state index contributed by atoms with van der Waals surface area (Å²) in [4.78, 5) is 18.5. The number of anilines is 1. The van der Waals surface area contributed by atoms with Gasteiger partial charge in [-0.3, -0.25) is 0 Å². The molecule has 1 fully saturated rings. The van der Waals surface area contributed by atoms with E-state index in [1.165, 1.54) is 0 Å². The third kappa shape index (κ3) is 4.99. The molecule has 2 heterocycles. The number of carbonyl (C=O) groups is 1.